The van der Waals surface area contributed by atoms with Gasteiger partial charge < -0.3 is 10.1 Å². The minimum absolute atomic E-state index is 0.0342. The van der Waals surface area contributed by atoms with E-state index in [0.717, 1.165) is 17.8 Å². The van der Waals surface area contributed by atoms with Crippen LogP contribution in [0, 0.1) is 40.9 Å². The lowest BCUT2D eigenvalue weighted by atomic mass is 9.42. The van der Waals surface area contributed by atoms with Gasteiger partial charge in [-0.25, -0.2) is 0 Å². The standard InChI is InChI=1S/C23H33NO3/c1-3-20(25)24-13-21(26)27-23(19-9-14-4-5-16(19)6-14)17-7-15-8-18(23)12-22(2,10-15)11-17/h3,14-19H,1,4-13H2,2H3,(H,24,25). The van der Waals surface area contributed by atoms with Crippen molar-refractivity contribution >= 4 is 11.9 Å². The van der Waals surface area contributed by atoms with Crippen LogP contribution >= 0.6 is 0 Å². The summed E-state index contributed by atoms with van der Waals surface area (Å²) in [5, 5.41) is 2.62. The van der Waals surface area contributed by atoms with Crippen LogP contribution in [0.1, 0.15) is 64.7 Å². The summed E-state index contributed by atoms with van der Waals surface area (Å²) in [4.78, 5) is 24.3. The fourth-order valence-electron chi connectivity index (χ4n) is 8.50. The molecule has 4 nitrogen and oxygen atoms in total. The fraction of sp³-hybridized carbons (Fsp3) is 0.826. The molecular weight excluding hydrogens is 338 g/mol. The number of fused-ring (bicyclic) bond motifs is 2. The number of rotatable bonds is 5. The lowest BCUT2D eigenvalue weighted by Crippen LogP contribution is -2.66. The minimum Gasteiger partial charge on any atom is -0.457 e. The third-order valence-electron chi connectivity index (χ3n) is 8.97. The number of esters is 1. The molecule has 6 fully saturated rings. The van der Waals surface area contributed by atoms with Crippen molar-refractivity contribution in [3.05, 3.63) is 12.7 Å². The molecule has 0 heterocycles. The molecule has 0 aromatic rings. The summed E-state index contributed by atoms with van der Waals surface area (Å²) in [7, 11) is 0. The molecule has 1 N–H and O–H groups in total. The molecule has 0 aromatic carbocycles. The van der Waals surface area contributed by atoms with Crippen LogP contribution in [-0.4, -0.2) is 24.0 Å². The first-order valence-corrected chi connectivity index (χ1v) is 11.0. The van der Waals surface area contributed by atoms with Crippen molar-refractivity contribution in [1.29, 1.82) is 0 Å². The zero-order chi connectivity index (χ0) is 18.8. The highest BCUT2D eigenvalue weighted by Crippen LogP contribution is 2.69. The molecule has 0 aliphatic heterocycles. The largest absolute Gasteiger partial charge is 0.457 e. The van der Waals surface area contributed by atoms with E-state index in [1.165, 1.54) is 63.9 Å². The Morgan fingerprint density at radius 2 is 1.81 bits per heavy atom. The van der Waals surface area contributed by atoms with Gasteiger partial charge in [-0.05, 0) is 80.6 Å². The maximum absolute atomic E-state index is 12.8. The molecule has 6 aliphatic carbocycles. The normalized spacial score (nSPS) is 49.2. The molecule has 6 saturated carbocycles. The minimum atomic E-state index is -0.307. The van der Waals surface area contributed by atoms with Gasteiger partial charge in [0.05, 0.1) is 0 Å². The van der Waals surface area contributed by atoms with Crippen LogP contribution in [0.15, 0.2) is 12.7 Å². The van der Waals surface area contributed by atoms with E-state index < -0.39 is 0 Å². The molecule has 0 saturated heterocycles. The van der Waals surface area contributed by atoms with Crippen LogP contribution in [0.25, 0.3) is 0 Å². The Balaban J connectivity index is 1.43. The van der Waals surface area contributed by atoms with Crippen LogP contribution in [0.4, 0.5) is 0 Å². The third kappa shape index (κ3) is 2.69. The number of nitrogens with one attached hydrogen (secondary N) is 1. The van der Waals surface area contributed by atoms with E-state index in [9.17, 15) is 9.59 Å². The number of amides is 1. The van der Waals surface area contributed by atoms with Crippen molar-refractivity contribution < 1.29 is 14.3 Å². The Kier molecular flexibility index (Phi) is 4.00. The maximum Gasteiger partial charge on any atom is 0.326 e. The molecule has 6 aliphatic rings. The highest BCUT2D eigenvalue weighted by molar-refractivity contribution is 5.89. The van der Waals surface area contributed by atoms with E-state index in [1.54, 1.807) is 0 Å². The molecule has 5 atom stereocenters. The Labute approximate surface area is 162 Å². The first kappa shape index (κ1) is 17.8. The molecular formula is C23H33NO3. The third-order valence-corrected chi connectivity index (χ3v) is 8.97. The molecule has 148 valence electrons. The molecule has 4 heteroatoms. The summed E-state index contributed by atoms with van der Waals surface area (Å²) in [6.07, 6.45) is 12.8. The quantitative estimate of drug-likeness (QED) is 0.590. The predicted octanol–water partition coefficient (Wildman–Crippen LogP) is 3.85. The van der Waals surface area contributed by atoms with Crippen molar-refractivity contribution in [3.63, 3.8) is 0 Å². The molecule has 0 radical (unpaired) electrons. The fourth-order valence-corrected chi connectivity index (χ4v) is 8.50. The van der Waals surface area contributed by atoms with Gasteiger partial charge in [0, 0.05) is 17.8 Å². The van der Waals surface area contributed by atoms with Crippen LogP contribution in [0.3, 0.4) is 0 Å². The lowest BCUT2D eigenvalue weighted by Gasteiger charge is -2.66. The predicted molar refractivity (Wildman–Crippen MR) is 103 cm³/mol. The maximum atomic E-state index is 12.8. The van der Waals surface area contributed by atoms with Gasteiger partial charge in [-0.2, -0.15) is 0 Å². The van der Waals surface area contributed by atoms with E-state index in [4.69, 9.17) is 4.74 Å². The molecule has 1 amide bonds. The van der Waals surface area contributed by atoms with E-state index in [2.05, 4.69) is 18.8 Å². The second-order valence-electron chi connectivity index (χ2n) is 10.7. The summed E-state index contributed by atoms with van der Waals surface area (Å²) < 4.78 is 6.50. The summed E-state index contributed by atoms with van der Waals surface area (Å²) in [5.41, 5.74) is 0.202. The van der Waals surface area contributed by atoms with E-state index in [-0.39, 0.29) is 24.0 Å². The highest BCUT2D eigenvalue weighted by atomic mass is 16.6. The highest BCUT2D eigenvalue weighted by Gasteiger charge is 2.67. The summed E-state index contributed by atoms with van der Waals surface area (Å²) in [5.74, 6) is 3.48. The molecule has 6 bridgehead atoms. The van der Waals surface area contributed by atoms with Crippen LogP contribution in [0.2, 0.25) is 0 Å². The Bertz CT molecular complexity index is 655. The number of hydrogen-bond donors (Lipinski definition) is 1. The first-order valence-electron chi connectivity index (χ1n) is 11.0. The van der Waals surface area contributed by atoms with E-state index in [1.807, 2.05) is 0 Å². The van der Waals surface area contributed by atoms with Crippen LogP contribution in [-0.2, 0) is 14.3 Å². The van der Waals surface area contributed by atoms with Crippen molar-refractivity contribution in [2.24, 2.45) is 40.9 Å². The van der Waals surface area contributed by atoms with Gasteiger partial charge in [0.15, 0.2) is 0 Å². The van der Waals surface area contributed by atoms with Crippen molar-refractivity contribution in [2.75, 3.05) is 6.54 Å². The lowest BCUT2D eigenvalue weighted by molar-refractivity contribution is -0.247. The van der Waals surface area contributed by atoms with Gasteiger partial charge in [0.1, 0.15) is 12.1 Å². The average molecular weight is 372 g/mol. The molecule has 27 heavy (non-hydrogen) atoms. The summed E-state index contributed by atoms with van der Waals surface area (Å²) in [6.45, 7) is 5.89. The first-order chi connectivity index (χ1) is 12.9. The summed E-state index contributed by atoms with van der Waals surface area (Å²) >= 11 is 0. The average Bonchev–Trinajstić information content (AvgIpc) is 3.25. The monoisotopic (exact) mass is 371 g/mol. The second kappa shape index (κ2) is 6.09. The zero-order valence-corrected chi connectivity index (χ0v) is 16.5. The van der Waals surface area contributed by atoms with Crippen molar-refractivity contribution in [2.45, 2.75) is 70.3 Å². The van der Waals surface area contributed by atoms with Gasteiger partial charge in [-0.3, -0.25) is 9.59 Å². The number of ether oxygens (including phenoxy) is 1. The van der Waals surface area contributed by atoms with Gasteiger partial charge in [0.25, 0.3) is 0 Å². The topological polar surface area (TPSA) is 55.4 Å². The Hall–Kier alpha value is -1.32. The Morgan fingerprint density at radius 3 is 2.37 bits per heavy atom. The number of carbonyl (C=O) groups excluding carboxylic acids is 2. The number of hydrogen-bond acceptors (Lipinski definition) is 3. The molecule has 5 unspecified atom stereocenters. The molecule has 0 spiro atoms. The van der Waals surface area contributed by atoms with Crippen molar-refractivity contribution in [1.82, 2.24) is 5.32 Å². The molecule has 0 aromatic heterocycles. The van der Waals surface area contributed by atoms with E-state index in [0.29, 0.717) is 23.2 Å². The summed E-state index contributed by atoms with van der Waals surface area (Å²) in [6, 6.07) is 0. The van der Waals surface area contributed by atoms with Crippen molar-refractivity contribution in [3.8, 4) is 0 Å². The van der Waals surface area contributed by atoms with Crippen LogP contribution in [0.5, 0.6) is 0 Å². The zero-order valence-electron chi connectivity index (χ0n) is 16.5. The SMILES string of the molecule is C=CC(=O)NCC(=O)OC1(C2CC3CCC2C3)C2CC3CC1CC(C)(C3)C2. The van der Waals surface area contributed by atoms with Crippen LogP contribution < -0.4 is 5.32 Å². The second-order valence-corrected chi connectivity index (χ2v) is 10.7. The Morgan fingerprint density at radius 1 is 1.07 bits per heavy atom. The van der Waals surface area contributed by atoms with E-state index >= 15 is 0 Å². The van der Waals surface area contributed by atoms with Gasteiger partial charge in [-0.1, -0.05) is 19.9 Å². The van der Waals surface area contributed by atoms with Gasteiger partial charge in [-0.15, -0.1) is 0 Å². The van der Waals surface area contributed by atoms with Gasteiger partial charge in [0.2, 0.25) is 5.91 Å². The smallest absolute Gasteiger partial charge is 0.326 e. The molecule has 6 rings (SSSR count). The van der Waals surface area contributed by atoms with Gasteiger partial charge >= 0.3 is 5.97 Å². The number of carbonyl (C=O) groups is 2.